The van der Waals surface area contributed by atoms with Crippen molar-refractivity contribution in [3.8, 4) is 23.5 Å². The summed E-state index contributed by atoms with van der Waals surface area (Å²) in [7, 11) is 0. The van der Waals surface area contributed by atoms with E-state index in [-0.39, 0.29) is 36.8 Å². The Labute approximate surface area is 192 Å². The van der Waals surface area contributed by atoms with E-state index in [2.05, 4.69) is 40.8 Å². The number of carboxylic acid groups (broad SMARTS) is 1. The fourth-order valence-corrected chi connectivity index (χ4v) is 4.76. The lowest BCUT2D eigenvalue weighted by atomic mass is 9.98. The molecule has 33 heavy (non-hydrogen) atoms. The summed E-state index contributed by atoms with van der Waals surface area (Å²) in [5, 5.41) is 14.5. The highest BCUT2D eigenvalue weighted by atomic mass is 16.5. The van der Waals surface area contributed by atoms with Crippen molar-refractivity contribution in [2.24, 2.45) is 5.92 Å². The summed E-state index contributed by atoms with van der Waals surface area (Å²) in [5.41, 5.74) is 4.61. The predicted molar refractivity (Wildman–Crippen MR) is 122 cm³/mol. The van der Waals surface area contributed by atoms with Gasteiger partial charge < -0.3 is 20.5 Å². The third kappa shape index (κ3) is 4.85. The normalized spacial score (nSPS) is 19.6. The van der Waals surface area contributed by atoms with E-state index in [1.807, 2.05) is 24.3 Å². The van der Waals surface area contributed by atoms with Gasteiger partial charge in [0, 0.05) is 24.3 Å². The van der Waals surface area contributed by atoms with E-state index in [9.17, 15) is 14.4 Å². The van der Waals surface area contributed by atoms with Crippen LogP contribution in [0.2, 0.25) is 0 Å². The van der Waals surface area contributed by atoms with Crippen molar-refractivity contribution >= 4 is 18.0 Å². The topological polar surface area (TPSA) is 105 Å². The van der Waals surface area contributed by atoms with Crippen LogP contribution in [0.25, 0.3) is 11.1 Å². The summed E-state index contributed by atoms with van der Waals surface area (Å²) < 4.78 is 5.57. The van der Waals surface area contributed by atoms with E-state index in [4.69, 9.17) is 16.3 Å². The number of ether oxygens (including phenoxy) is 1. The molecule has 0 aromatic heterocycles. The number of benzene rings is 2. The van der Waals surface area contributed by atoms with E-state index >= 15 is 0 Å². The van der Waals surface area contributed by atoms with Crippen molar-refractivity contribution < 1.29 is 24.2 Å². The van der Waals surface area contributed by atoms with Gasteiger partial charge in [-0.15, -0.1) is 12.3 Å². The minimum Gasteiger partial charge on any atom is -0.480 e. The fraction of sp³-hybridized carbons (Fsp3) is 0.346. The fourth-order valence-electron chi connectivity index (χ4n) is 4.76. The first-order valence-electron chi connectivity index (χ1n) is 11.1. The Hall–Kier alpha value is -3.79. The Kier molecular flexibility index (Phi) is 6.64. The molecule has 2 amide bonds. The Morgan fingerprint density at radius 2 is 1.70 bits per heavy atom. The molecule has 0 aliphatic heterocycles. The van der Waals surface area contributed by atoms with Crippen LogP contribution in [0.4, 0.5) is 4.79 Å². The van der Waals surface area contributed by atoms with Crippen molar-refractivity contribution in [1.29, 1.82) is 0 Å². The number of aliphatic carboxylic acids is 1. The molecule has 0 radical (unpaired) electrons. The van der Waals surface area contributed by atoms with Crippen LogP contribution in [0.1, 0.15) is 42.7 Å². The molecular weight excluding hydrogens is 420 g/mol. The molecule has 2 aromatic rings. The Bertz CT molecular complexity index is 1060. The Balaban J connectivity index is 1.30. The van der Waals surface area contributed by atoms with Crippen molar-refractivity contribution in [3.05, 3.63) is 59.7 Å². The summed E-state index contributed by atoms with van der Waals surface area (Å²) in [6.07, 6.45) is 6.19. The van der Waals surface area contributed by atoms with Gasteiger partial charge in [-0.1, -0.05) is 48.5 Å². The van der Waals surface area contributed by atoms with Gasteiger partial charge in [0.1, 0.15) is 12.6 Å². The average Bonchev–Trinajstić information content (AvgIpc) is 3.40. The molecular formula is C26H26N2O5. The first-order chi connectivity index (χ1) is 16.0. The van der Waals surface area contributed by atoms with Crippen LogP contribution in [0.3, 0.4) is 0 Å². The zero-order chi connectivity index (χ0) is 23.4. The van der Waals surface area contributed by atoms with Gasteiger partial charge in [-0.2, -0.15) is 0 Å². The molecule has 7 heteroatoms. The maximum Gasteiger partial charge on any atom is 0.407 e. The van der Waals surface area contributed by atoms with Crippen LogP contribution in [-0.2, 0) is 14.3 Å². The zero-order valence-electron chi connectivity index (χ0n) is 18.1. The minimum atomic E-state index is -1.16. The number of terminal acetylenes is 1. The van der Waals surface area contributed by atoms with E-state index in [0.717, 1.165) is 22.3 Å². The molecule has 2 aromatic carbocycles. The zero-order valence-corrected chi connectivity index (χ0v) is 18.1. The van der Waals surface area contributed by atoms with Crippen LogP contribution in [0, 0.1) is 18.3 Å². The van der Waals surface area contributed by atoms with Gasteiger partial charge >= 0.3 is 12.1 Å². The van der Waals surface area contributed by atoms with Gasteiger partial charge in [0.05, 0.1) is 0 Å². The van der Waals surface area contributed by atoms with E-state index in [1.165, 1.54) is 0 Å². The number of hydrogen-bond donors (Lipinski definition) is 3. The number of carbonyl (C=O) groups is 3. The Morgan fingerprint density at radius 3 is 2.30 bits per heavy atom. The molecule has 1 saturated carbocycles. The summed E-state index contributed by atoms with van der Waals surface area (Å²) >= 11 is 0. The third-order valence-corrected chi connectivity index (χ3v) is 6.41. The van der Waals surface area contributed by atoms with Gasteiger partial charge in [0.2, 0.25) is 5.91 Å². The highest BCUT2D eigenvalue weighted by Crippen LogP contribution is 2.44. The first kappa shape index (κ1) is 22.4. The molecule has 3 unspecified atom stereocenters. The van der Waals surface area contributed by atoms with Crippen molar-refractivity contribution in [3.63, 3.8) is 0 Å². The lowest BCUT2D eigenvalue weighted by Gasteiger charge is -2.18. The number of rotatable bonds is 7. The van der Waals surface area contributed by atoms with Gasteiger partial charge in [-0.3, -0.25) is 4.79 Å². The molecule has 0 heterocycles. The second-order valence-electron chi connectivity index (χ2n) is 8.48. The number of carbonyl (C=O) groups excluding carboxylic acids is 2. The molecule has 0 saturated heterocycles. The third-order valence-electron chi connectivity index (χ3n) is 6.41. The molecule has 2 aliphatic carbocycles. The van der Waals surface area contributed by atoms with Gasteiger partial charge in [0.15, 0.2) is 0 Å². The number of nitrogens with one attached hydrogen (secondary N) is 2. The second kappa shape index (κ2) is 9.78. The molecule has 1 fully saturated rings. The lowest BCUT2D eigenvalue weighted by Crippen LogP contribution is -2.43. The molecule has 4 rings (SSSR count). The summed E-state index contributed by atoms with van der Waals surface area (Å²) in [6, 6.07) is 15.0. The van der Waals surface area contributed by atoms with Crippen LogP contribution in [0.15, 0.2) is 48.5 Å². The average molecular weight is 447 g/mol. The molecule has 3 atom stereocenters. The number of alkyl carbamates (subject to hydrolysis) is 1. The molecule has 7 nitrogen and oxygen atoms in total. The smallest absolute Gasteiger partial charge is 0.407 e. The van der Waals surface area contributed by atoms with Crippen LogP contribution < -0.4 is 10.6 Å². The number of fused-ring (bicyclic) bond motifs is 3. The number of hydrogen-bond acceptors (Lipinski definition) is 4. The van der Waals surface area contributed by atoms with Gasteiger partial charge in [0.25, 0.3) is 0 Å². The second-order valence-corrected chi connectivity index (χ2v) is 8.48. The van der Waals surface area contributed by atoms with Crippen molar-refractivity contribution in [2.45, 2.75) is 43.7 Å². The maximum absolute atomic E-state index is 12.5. The highest BCUT2D eigenvalue weighted by Gasteiger charge is 2.34. The van der Waals surface area contributed by atoms with Gasteiger partial charge in [-0.05, 0) is 41.5 Å². The van der Waals surface area contributed by atoms with Crippen LogP contribution >= 0.6 is 0 Å². The predicted octanol–water partition coefficient (Wildman–Crippen LogP) is 3.29. The molecule has 0 bridgehead atoms. The SMILES string of the molecule is C#CCC(NC(=O)C1CCC(NC(=O)OCC2c3ccccc3-c3ccccc32)C1)C(=O)O. The highest BCUT2D eigenvalue weighted by molar-refractivity contribution is 5.85. The van der Waals surface area contributed by atoms with Gasteiger partial charge in [-0.25, -0.2) is 9.59 Å². The maximum atomic E-state index is 12.5. The van der Waals surface area contributed by atoms with Crippen LogP contribution in [0.5, 0.6) is 0 Å². The Morgan fingerprint density at radius 1 is 1.06 bits per heavy atom. The molecule has 170 valence electrons. The standard InChI is InChI=1S/C26H26N2O5/c1-2-7-23(25(30)31)28-24(29)16-12-13-17(14-16)27-26(32)33-15-22-20-10-5-3-8-18(20)19-9-4-6-11-21(19)22/h1,3-6,8-11,16-17,22-23H,7,12-15H2,(H,27,32)(H,28,29)(H,30,31). The molecule has 3 N–H and O–H groups in total. The quantitative estimate of drug-likeness (QED) is 0.566. The summed E-state index contributed by atoms with van der Waals surface area (Å²) in [4.78, 5) is 36.1. The van der Waals surface area contributed by atoms with E-state index in [1.54, 1.807) is 0 Å². The first-order valence-corrected chi connectivity index (χ1v) is 11.1. The van der Waals surface area contributed by atoms with Crippen molar-refractivity contribution in [1.82, 2.24) is 10.6 Å². The molecule has 0 spiro atoms. The van der Waals surface area contributed by atoms with Crippen molar-refractivity contribution in [2.75, 3.05) is 6.61 Å². The monoisotopic (exact) mass is 446 g/mol. The molecule has 2 aliphatic rings. The largest absolute Gasteiger partial charge is 0.480 e. The number of carboxylic acids is 1. The number of amides is 2. The van der Waals surface area contributed by atoms with Crippen LogP contribution in [-0.4, -0.2) is 41.8 Å². The minimum absolute atomic E-state index is 0.0191. The summed E-state index contributed by atoms with van der Waals surface area (Å²) in [6.45, 7) is 0.225. The van der Waals surface area contributed by atoms with E-state index < -0.39 is 18.1 Å². The summed E-state index contributed by atoms with van der Waals surface area (Å²) in [5.74, 6) is 0.358. The lowest BCUT2D eigenvalue weighted by molar-refractivity contribution is -0.142. The van der Waals surface area contributed by atoms with E-state index in [0.29, 0.717) is 19.3 Å².